The summed E-state index contributed by atoms with van der Waals surface area (Å²) in [5, 5.41) is 22.7. The number of hydrogen-bond acceptors (Lipinski definition) is 4. The molecule has 2 aliphatic rings. The van der Waals surface area contributed by atoms with Gasteiger partial charge < -0.3 is 15.0 Å². The van der Waals surface area contributed by atoms with E-state index in [1.807, 2.05) is 16.7 Å². The summed E-state index contributed by atoms with van der Waals surface area (Å²) < 4.78 is 4.14. The molecule has 1 fully saturated rings. The third-order valence-corrected chi connectivity index (χ3v) is 10.6. The summed E-state index contributed by atoms with van der Waals surface area (Å²) in [6.07, 6.45) is 17.5. The standard InChI is InChI=1S/C47H55N5O2/c1-2-3-4-5-8-17-31-49-42(54)26-16-7-6-11-19-36-20-18-21-38(32-36)34-52-45(40-24-14-10-15-25-40)43(39-22-12-9-13-23-39)44-46(48)51(35-50-47(44)52)33-37-27-29-41(53)30-28-37/h9-10,12-15,18,20-25,32-33,35,37,41,48,53H,2-8,16-17,26-31,34H2,1H3/p+1. The molecule has 4 aromatic rings. The maximum absolute atomic E-state index is 12.3. The molecule has 0 saturated heterocycles. The molecule has 1 aliphatic carbocycles. The van der Waals surface area contributed by atoms with Gasteiger partial charge in [-0.2, -0.15) is 5.41 Å². The molecule has 3 aromatic carbocycles. The van der Waals surface area contributed by atoms with Gasteiger partial charge in [-0.3, -0.25) is 4.79 Å². The Morgan fingerprint density at radius 3 is 2.37 bits per heavy atom. The Labute approximate surface area is 321 Å². The maximum Gasteiger partial charge on any atom is 0.271 e. The summed E-state index contributed by atoms with van der Waals surface area (Å²) in [7, 11) is 0. The number of benzene rings is 3. The van der Waals surface area contributed by atoms with Gasteiger partial charge in [0.15, 0.2) is 0 Å². The quantitative estimate of drug-likeness (QED) is 0.0610. The maximum atomic E-state index is 12.3. The molecule has 0 bridgehead atoms. The minimum Gasteiger partial charge on any atom is -0.393 e. The molecule has 0 spiro atoms. The zero-order valence-electron chi connectivity index (χ0n) is 31.9. The van der Waals surface area contributed by atoms with Crippen molar-refractivity contribution >= 4 is 30.1 Å². The van der Waals surface area contributed by atoms with Crippen LogP contribution in [0.15, 0.2) is 89.9 Å². The first kappa shape index (κ1) is 38.7. The van der Waals surface area contributed by atoms with Gasteiger partial charge in [0.25, 0.3) is 5.84 Å². The predicted molar refractivity (Wildman–Crippen MR) is 222 cm³/mol. The van der Waals surface area contributed by atoms with Crippen LogP contribution in [0.25, 0.3) is 22.4 Å². The average molecular weight is 723 g/mol. The van der Waals surface area contributed by atoms with Gasteiger partial charge >= 0.3 is 0 Å². The van der Waals surface area contributed by atoms with Gasteiger partial charge in [-0.25, -0.2) is 4.58 Å². The van der Waals surface area contributed by atoms with Crippen molar-refractivity contribution in [2.75, 3.05) is 6.54 Å². The van der Waals surface area contributed by atoms with E-state index in [-0.39, 0.29) is 12.0 Å². The molecular formula is C47H56N5O2+. The number of aliphatic hydroxyl groups excluding tert-OH is 1. The highest BCUT2D eigenvalue weighted by Gasteiger charge is 2.35. The second kappa shape index (κ2) is 19.9. The summed E-state index contributed by atoms with van der Waals surface area (Å²) in [6, 6.07) is 29.2. The van der Waals surface area contributed by atoms with Crippen LogP contribution in [0.3, 0.4) is 0 Å². The van der Waals surface area contributed by atoms with Gasteiger partial charge in [0.05, 0.1) is 24.6 Å². The molecule has 7 nitrogen and oxygen atoms in total. The average Bonchev–Trinajstić information content (AvgIpc) is 3.52. The fourth-order valence-electron chi connectivity index (χ4n) is 7.61. The number of amides is 1. The molecule has 0 unspecified atom stereocenters. The topological polar surface area (TPSA) is 93.5 Å². The van der Waals surface area contributed by atoms with Crippen molar-refractivity contribution in [3.8, 4) is 34.2 Å². The highest BCUT2D eigenvalue weighted by atomic mass is 16.3. The van der Waals surface area contributed by atoms with E-state index in [2.05, 4.69) is 108 Å². The van der Waals surface area contributed by atoms with Crippen molar-refractivity contribution < 1.29 is 14.5 Å². The first-order chi connectivity index (χ1) is 26.5. The molecule has 3 N–H and O–H groups in total. The molecule has 1 aromatic heterocycles. The minimum atomic E-state index is -0.226. The first-order valence-corrected chi connectivity index (χ1v) is 20.2. The van der Waals surface area contributed by atoms with E-state index in [9.17, 15) is 15.3 Å². The van der Waals surface area contributed by atoms with E-state index in [0.717, 1.165) is 103 Å². The Bertz CT molecular complexity index is 1970. The smallest absolute Gasteiger partial charge is 0.271 e. The zero-order valence-corrected chi connectivity index (χ0v) is 31.9. The summed E-state index contributed by atoms with van der Waals surface area (Å²) >= 11 is 0. The lowest BCUT2D eigenvalue weighted by Gasteiger charge is -2.22. The molecule has 54 heavy (non-hydrogen) atoms. The van der Waals surface area contributed by atoms with E-state index in [1.165, 1.54) is 32.1 Å². The van der Waals surface area contributed by atoms with Crippen LogP contribution in [0, 0.1) is 23.2 Å². The third kappa shape index (κ3) is 10.3. The second-order valence-corrected chi connectivity index (χ2v) is 14.8. The lowest BCUT2D eigenvalue weighted by molar-refractivity contribution is -0.256. The van der Waals surface area contributed by atoms with Crippen LogP contribution in [-0.2, 0) is 11.3 Å². The third-order valence-electron chi connectivity index (χ3n) is 10.6. The molecule has 7 heteroatoms. The summed E-state index contributed by atoms with van der Waals surface area (Å²) in [4.78, 5) is 17.3. The fraction of sp³-hybridized carbons (Fsp3) is 0.404. The Kier molecular flexibility index (Phi) is 14.2. The van der Waals surface area contributed by atoms with Crippen molar-refractivity contribution in [3.05, 3.63) is 102 Å². The van der Waals surface area contributed by atoms with E-state index < -0.39 is 0 Å². The summed E-state index contributed by atoms with van der Waals surface area (Å²) in [5.41, 5.74) is 7.04. The van der Waals surface area contributed by atoms with Gasteiger partial charge in [-0.1, -0.05) is 129 Å². The number of aromatic nitrogens is 1. The highest BCUT2D eigenvalue weighted by molar-refractivity contribution is 6.11. The van der Waals surface area contributed by atoms with E-state index in [0.29, 0.717) is 24.7 Å². The fourth-order valence-corrected chi connectivity index (χ4v) is 7.61. The molecule has 0 atom stereocenters. The molecule has 2 heterocycles. The van der Waals surface area contributed by atoms with Crippen molar-refractivity contribution in [3.63, 3.8) is 0 Å². The Morgan fingerprint density at radius 1 is 0.889 bits per heavy atom. The number of hydrogen-bond donors (Lipinski definition) is 3. The van der Waals surface area contributed by atoms with E-state index >= 15 is 0 Å². The summed E-state index contributed by atoms with van der Waals surface area (Å²) in [6.45, 7) is 3.58. The molecule has 280 valence electrons. The lowest BCUT2D eigenvalue weighted by Crippen LogP contribution is -2.29. The lowest BCUT2D eigenvalue weighted by atomic mass is 9.88. The largest absolute Gasteiger partial charge is 0.393 e. The number of aliphatic hydroxyl groups is 1. The number of carbonyl (C=O) groups is 1. The van der Waals surface area contributed by atoms with Gasteiger partial charge in [-0.05, 0) is 73.8 Å². The molecular weight excluding hydrogens is 667 g/mol. The predicted octanol–water partition coefficient (Wildman–Crippen LogP) is 9.89. The normalized spacial score (nSPS) is 17.2. The van der Waals surface area contributed by atoms with Gasteiger partial charge in [0.1, 0.15) is 5.56 Å². The molecule has 6 rings (SSSR count). The van der Waals surface area contributed by atoms with Crippen molar-refractivity contribution in [1.82, 2.24) is 9.88 Å². The van der Waals surface area contributed by atoms with Crippen LogP contribution >= 0.6 is 0 Å². The number of fused-ring (bicyclic) bond motifs is 1. The SMILES string of the molecule is CCCCCCCCNC(=O)CCCCC#Cc1cccc(Cn2c3c(c(-c4ccccc4)c2-c2ccccc2)C(=N)[N+](=CC2CCC(O)CC2)C=N3)c1. The van der Waals surface area contributed by atoms with Crippen molar-refractivity contribution in [1.29, 1.82) is 5.41 Å². The van der Waals surface area contributed by atoms with Crippen molar-refractivity contribution in [2.45, 2.75) is 109 Å². The molecule has 1 amide bonds. The van der Waals surface area contributed by atoms with Gasteiger partial charge in [0, 0.05) is 36.4 Å². The molecule has 0 radical (unpaired) electrons. The highest BCUT2D eigenvalue weighted by Crippen LogP contribution is 2.44. The van der Waals surface area contributed by atoms with Crippen LogP contribution in [0.5, 0.6) is 0 Å². The monoisotopic (exact) mass is 722 g/mol. The number of rotatable bonds is 16. The van der Waals surface area contributed by atoms with Crippen LogP contribution < -0.4 is 5.32 Å². The number of amidine groups is 1. The molecule has 1 saturated carbocycles. The Hall–Kier alpha value is -5.06. The Morgan fingerprint density at radius 2 is 1.61 bits per heavy atom. The van der Waals surface area contributed by atoms with Crippen LogP contribution in [0.4, 0.5) is 5.82 Å². The number of aliphatic imine (C=N–C) groups is 1. The van der Waals surface area contributed by atoms with Gasteiger partial charge in [-0.15, -0.1) is 0 Å². The van der Waals surface area contributed by atoms with Crippen LogP contribution in [0.2, 0.25) is 0 Å². The van der Waals surface area contributed by atoms with Crippen LogP contribution in [0.1, 0.15) is 114 Å². The van der Waals surface area contributed by atoms with Crippen molar-refractivity contribution in [2.24, 2.45) is 10.9 Å². The second-order valence-electron chi connectivity index (χ2n) is 14.8. The number of nitrogens with one attached hydrogen (secondary N) is 2. The molecule has 1 aliphatic heterocycles. The van der Waals surface area contributed by atoms with E-state index in [1.54, 1.807) is 6.34 Å². The Balaban J connectivity index is 1.19. The first-order valence-electron chi connectivity index (χ1n) is 20.2. The number of unbranched alkanes of at least 4 members (excludes halogenated alkanes) is 7. The summed E-state index contributed by atoms with van der Waals surface area (Å²) in [5.74, 6) is 8.33. The number of carbonyl (C=O) groups excluding carboxylic acids is 1. The number of nitrogens with zero attached hydrogens (tertiary/aromatic N) is 3. The van der Waals surface area contributed by atoms with Gasteiger partial charge in [0.2, 0.25) is 18.1 Å². The zero-order chi connectivity index (χ0) is 37.5. The minimum absolute atomic E-state index is 0.150. The van der Waals surface area contributed by atoms with E-state index in [4.69, 9.17) is 4.99 Å². The van der Waals surface area contributed by atoms with Crippen LogP contribution in [-0.4, -0.2) is 51.2 Å².